The number of morpholine rings is 1. The molecular formula is C11H15N3O3. The molecule has 1 amide bonds. The maximum Gasteiger partial charge on any atom is 0.224 e. The van der Waals surface area contributed by atoms with Gasteiger partial charge >= 0.3 is 0 Å². The predicted octanol–water partition coefficient (Wildman–Crippen LogP) is -0.0555. The molecule has 0 atom stereocenters. The Hall–Kier alpha value is -1.69. The first-order chi connectivity index (χ1) is 8.31. The topological polar surface area (TPSA) is 64.4 Å². The Labute approximate surface area is 99.2 Å². The van der Waals surface area contributed by atoms with Gasteiger partial charge < -0.3 is 14.2 Å². The molecule has 0 aromatic carbocycles. The summed E-state index contributed by atoms with van der Waals surface area (Å²) in [6.07, 6.45) is 4.19. The van der Waals surface area contributed by atoms with Crippen molar-refractivity contribution in [3.63, 3.8) is 0 Å². The van der Waals surface area contributed by atoms with Gasteiger partial charge in [-0.1, -0.05) is 0 Å². The number of hydrogen-bond acceptors (Lipinski definition) is 4. The molecule has 1 aromatic rings. The minimum atomic E-state index is 0.0962. The number of ether oxygens (including phenoxy) is 1. The van der Waals surface area contributed by atoms with E-state index in [1.807, 2.05) is 0 Å². The van der Waals surface area contributed by atoms with Crippen molar-refractivity contribution in [1.82, 2.24) is 14.5 Å². The molecular weight excluding hydrogens is 222 g/mol. The lowest BCUT2D eigenvalue weighted by Crippen LogP contribution is -2.41. The molecule has 1 aromatic heterocycles. The van der Waals surface area contributed by atoms with Gasteiger partial charge in [0.05, 0.1) is 25.7 Å². The summed E-state index contributed by atoms with van der Waals surface area (Å²) in [6, 6.07) is 0. The van der Waals surface area contributed by atoms with Crippen molar-refractivity contribution in [3.05, 3.63) is 18.2 Å². The molecule has 2 rings (SSSR count). The van der Waals surface area contributed by atoms with E-state index in [9.17, 15) is 9.59 Å². The van der Waals surface area contributed by atoms with E-state index in [1.165, 1.54) is 6.20 Å². The Morgan fingerprint density at radius 2 is 2.24 bits per heavy atom. The number of aryl methyl sites for hydroxylation is 1. The van der Waals surface area contributed by atoms with E-state index in [4.69, 9.17) is 4.74 Å². The van der Waals surface area contributed by atoms with Crippen molar-refractivity contribution >= 4 is 12.2 Å². The summed E-state index contributed by atoms with van der Waals surface area (Å²) in [7, 11) is 0. The van der Waals surface area contributed by atoms with Gasteiger partial charge in [-0.2, -0.15) is 0 Å². The van der Waals surface area contributed by atoms with Crippen LogP contribution < -0.4 is 0 Å². The first-order valence-corrected chi connectivity index (χ1v) is 5.62. The lowest BCUT2D eigenvalue weighted by molar-refractivity contribution is -0.135. The zero-order valence-corrected chi connectivity index (χ0v) is 9.54. The van der Waals surface area contributed by atoms with Gasteiger partial charge in [0, 0.05) is 26.1 Å². The number of carbonyl (C=O) groups is 2. The molecule has 0 bridgehead atoms. The van der Waals surface area contributed by atoms with E-state index in [-0.39, 0.29) is 5.91 Å². The monoisotopic (exact) mass is 237 g/mol. The fourth-order valence-corrected chi connectivity index (χ4v) is 1.80. The molecule has 92 valence electrons. The zero-order valence-electron chi connectivity index (χ0n) is 9.54. The largest absolute Gasteiger partial charge is 0.378 e. The van der Waals surface area contributed by atoms with Gasteiger partial charge in [0.25, 0.3) is 0 Å². The van der Waals surface area contributed by atoms with Crippen LogP contribution in [0.1, 0.15) is 16.9 Å². The molecule has 6 nitrogen and oxygen atoms in total. The van der Waals surface area contributed by atoms with Crippen LogP contribution in [0.3, 0.4) is 0 Å². The van der Waals surface area contributed by atoms with E-state index in [0.29, 0.717) is 45.0 Å². The molecule has 0 unspecified atom stereocenters. The van der Waals surface area contributed by atoms with E-state index in [1.54, 1.807) is 15.8 Å². The van der Waals surface area contributed by atoms with E-state index < -0.39 is 0 Å². The average Bonchev–Trinajstić information content (AvgIpc) is 2.84. The molecule has 0 spiro atoms. The van der Waals surface area contributed by atoms with Crippen molar-refractivity contribution in [1.29, 1.82) is 0 Å². The van der Waals surface area contributed by atoms with Crippen LogP contribution in [0.4, 0.5) is 0 Å². The van der Waals surface area contributed by atoms with Gasteiger partial charge in [0.15, 0.2) is 6.29 Å². The van der Waals surface area contributed by atoms with Crippen LogP contribution in [0.2, 0.25) is 0 Å². The zero-order chi connectivity index (χ0) is 12.1. The fraction of sp³-hybridized carbons (Fsp3) is 0.545. The number of aldehydes is 1. The molecule has 0 saturated carbocycles. The van der Waals surface area contributed by atoms with Crippen molar-refractivity contribution < 1.29 is 14.3 Å². The normalized spacial score (nSPS) is 15.9. The Morgan fingerprint density at radius 3 is 2.94 bits per heavy atom. The van der Waals surface area contributed by atoms with E-state index in [0.717, 1.165) is 6.29 Å². The van der Waals surface area contributed by atoms with E-state index >= 15 is 0 Å². The second-order valence-electron chi connectivity index (χ2n) is 3.87. The summed E-state index contributed by atoms with van der Waals surface area (Å²) >= 11 is 0. The number of rotatable bonds is 4. The molecule has 1 fully saturated rings. The summed E-state index contributed by atoms with van der Waals surface area (Å²) in [5.41, 5.74) is 0.500. The summed E-state index contributed by atoms with van der Waals surface area (Å²) in [5, 5.41) is 0. The number of imidazole rings is 1. The minimum absolute atomic E-state index is 0.0962. The number of amides is 1. The second kappa shape index (κ2) is 5.58. The Bertz CT molecular complexity index is 396. The highest BCUT2D eigenvalue weighted by atomic mass is 16.5. The van der Waals surface area contributed by atoms with Crippen LogP contribution in [-0.4, -0.2) is 52.9 Å². The number of hydrogen-bond donors (Lipinski definition) is 0. The lowest BCUT2D eigenvalue weighted by Gasteiger charge is -2.26. The van der Waals surface area contributed by atoms with Crippen molar-refractivity contribution in [2.45, 2.75) is 13.0 Å². The highest BCUT2D eigenvalue weighted by molar-refractivity contribution is 5.76. The minimum Gasteiger partial charge on any atom is -0.378 e. The average molecular weight is 237 g/mol. The van der Waals surface area contributed by atoms with Crippen molar-refractivity contribution in [2.24, 2.45) is 0 Å². The standard InChI is InChI=1S/C11H15N3O3/c15-8-10-7-12-9-14(10)2-1-11(16)13-3-5-17-6-4-13/h7-9H,1-6H2. The van der Waals surface area contributed by atoms with Crippen LogP contribution in [-0.2, 0) is 16.1 Å². The molecule has 1 aliphatic heterocycles. The Balaban J connectivity index is 1.85. The molecule has 0 N–H and O–H groups in total. The first kappa shape index (κ1) is 11.8. The van der Waals surface area contributed by atoms with Gasteiger partial charge in [-0.05, 0) is 0 Å². The molecule has 17 heavy (non-hydrogen) atoms. The second-order valence-corrected chi connectivity index (χ2v) is 3.87. The number of aromatic nitrogens is 2. The Kier molecular flexibility index (Phi) is 3.87. The van der Waals surface area contributed by atoms with Gasteiger partial charge in [0.1, 0.15) is 5.69 Å². The third kappa shape index (κ3) is 2.91. The van der Waals surface area contributed by atoms with Gasteiger partial charge in [0.2, 0.25) is 5.91 Å². The van der Waals surface area contributed by atoms with Gasteiger partial charge in [-0.15, -0.1) is 0 Å². The molecule has 1 saturated heterocycles. The first-order valence-electron chi connectivity index (χ1n) is 5.62. The third-order valence-corrected chi connectivity index (χ3v) is 2.80. The molecule has 1 aliphatic rings. The van der Waals surface area contributed by atoms with E-state index in [2.05, 4.69) is 4.98 Å². The summed E-state index contributed by atoms with van der Waals surface area (Å²) < 4.78 is 6.87. The highest BCUT2D eigenvalue weighted by Gasteiger charge is 2.16. The van der Waals surface area contributed by atoms with Crippen LogP contribution in [0.5, 0.6) is 0 Å². The van der Waals surface area contributed by atoms with Crippen LogP contribution >= 0.6 is 0 Å². The molecule has 2 heterocycles. The lowest BCUT2D eigenvalue weighted by atomic mass is 10.3. The van der Waals surface area contributed by atoms with Crippen molar-refractivity contribution in [2.75, 3.05) is 26.3 Å². The SMILES string of the molecule is O=Cc1cncn1CCC(=O)N1CCOCC1. The Morgan fingerprint density at radius 1 is 1.47 bits per heavy atom. The molecule has 0 radical (unpaired) electrons. The van der Waals surface area contributed by atoms with Gasteiger partial charge in [-0.3, -0.25) is 9.59 Å². The fourth-order valence-electron chi connectivity index (χ4n) is 1.80. The summed E-state index contributed by atoms with van der Waals surface area (Å²) in [6.45, 7) is 3.02. The quantitative estimate of drug-likeness (QED) is 0.688. The molecule has 6 heteroatoms. The number of nitrogens with zero attached hydrogens (tertiary/aromatic N) is 3. The number of carbonyl (C=O) groups excluding carboxylic acids is 2. The van der Waals surface area contributed by atoms with Crippen molar-refractivity contribution in [3.8, 4) is 0 Å². The van der Waals surface area contributed by atoms with Crippen LogP contribution in [0.25, 0.3) is 0 Å². The van der Waals surface area contributed by atoms with Gasteiger partial charge in [-0.25, -0.2) is 4.98 Å². The molecule has 0 aliphatic carbocycles. The van der Waals surface area contributed by atoms with Crippen LogP contribution in [0.15, 0.2) is 12.5 Å². The summed E-state index contributed by atoms with van der Waals surface area (Å²) in [4.78, 5) is 28.2. The summed E-state index contributed by atoms with van der Waals surface area (Å²) in [5.74, 6) is 0.0962. The maximum absolute atomic E-state index is 11.8. The highest BCUT2D eigenvalue weighted by Crippen LogP contribution is 2.03. The maximum atomic E-state index is 11.8. The van der Waals surface area contributed by atoms with Crippen LogP contribution in [0, 0.1) is 0 Å². The smallest absolute Gasteiger partial charge is 0.224 e. The predicted molar refractivity (Wildman–Crippen MR) is 59.6 cm³/mol. The third-order valence-electron chi connectivity index (χ3n) is 2.80.